The van der Waals surface area contributed by atoms with Gasteiger partial charge in [-0.2, -0.15) is 0 Å². The van der Waals surface area contributed by atoms with Crippen LogP contribution in [0.2, 0.25) is 0 Å². The van der Waals surface area contributed by atoms with E-state index in [0.29, 0.717) is 13.2 Å². The molecule has 6 nitrogen and oxygen atoms in total. The van der Waals surface area contributed by atoms with Gasteiger partial charge in [-0.3, -0.25) is 0 Å². The molecule has 0 aromatic heterocycles. The zero-order valence-corrected chi connectivity index (χ0v) is 12.2. The van der Waals surface area contributed by atoms with E-state index in [0.717, 1.165) is 12.0 Å². The van der Waals surface area contributed by atoms with Crippen LogP contribution in [-0.4, -0.2) is 35.4 Å². The third-order valence-corrected chi connectivity index (χ3v) is 3.68. The third-order valence-electron chi connectivity index (χ3n) is 3.68. The summed E-state index contributed by atoms with van der Waals surface area (Å²) in [4.78, 5) is 22.6. The lowest BCUT2D eigenvalue weighted by molar-refractivity contribution is 0.0235. The highest BCUT2D eigenvalue weighted by Crippen LogP contribution is 2.24. The van der Waals surface area contributed by atoms with Gasteiger partial charge in [-0.15, -0.1) is 0 Å². The number of nitrogens with one attached hydrogen (secondary N) is 2. The van der Waals surface area contributed by atoms with Crippen LogP contribution in [0.3, 0.4) is 0 Å². The first-order chi connectivity index (χ1) is 9.88. The van der Waals surface area contributed by atoms with Crippen molar-refractivity contribution < 1.29 is 19.4 Å². The smallest absolute Gasteiger partial charge is 0.335 e. The lowest BCUT2D eigenvalue weighted by atomic mass is 9.99. The second-order valence-corrected chi connectivity index (χ2v) is 5.62. The first-order valence-corrected chi connectivity index (χ1v) is 6.89. The summed E-state index contributed by atoms with van der Waals surface area (Å²) in [5.74, 6) is -0.962. The van der Waals surface area contributed by atoms with Crippen LogP contribution < -0.4 is 10.6 Å². The van der Waals surface area contributed by atoms with Crippen molar-refractivity contribution in [2.75, 3.05) is 6.61 Å². The molecule has 1 saturated heterocycles. The number of benzene rings is 1. The van der Waals surface area contributed by atoms with E-state index in [9.17, 15) is 9.59 Å². The molecule has 0 saturated carbocycles. The van der Waals surface area contributed by atoms with Gasteiger partial charge < -0.3 is 20.5 Å². The second-order valence-electron chi connectivity index (χ2n) is 5.62. The highest BCUT2D eigenvalue weighted by Gasteiger charge is 2.36. The number of aromatic carboxylic acids is 1. The normalized spacial score (nSPS) is 20.0. The van der Waals surface area contributed by atoms with Gasteiger partial charge in [0.05, 0.1) is 17.2 Å². The number of carboxylic acids is 1. The van der Waals surface area contributed by atoms with Crippen molar-refractivity contribution >= 4 is 12.0 Å². The number of urea groups is 1. The number of hydrogen-bond donors (Lipinski definition) is 3. The predicted octanol–water partition coefficient (Wildman–Crippen LogP) is 1.75. The lowest BCUT2D eigenvalue weighted by Crippen LogP contribution is -2.49. The van der Waals surface area contributed by atoms with Crippen LogP contribution in [0.15, 0.2) is 24.3 Å². The average Bonchev–Trinajstić information content (AvgIpc) is 2.76. The van der Waals surface area contributed by atoms with Crippen LogP contribution in [0.4, 0.5) is 4.79 Å². The molecule has 1 atom stereocenters. The Morgan fingerprint density at radius 3 is 2.52 bits per heavy atom. The number of ether oxygens (including phenoxy) is 1. The number of carbonyl (C=O) groups excluding carboxylic acids is 1. The molecule has 1 fully saturated rings. The number of carbonyl (C=O) groups is 2. The van der Waals surface area contributed by atoms with Crippen molar-refractivity contribution in [3.05, 3.63) is 35.4 Å². The molecule has 1 unspecified atom stereocenters. The summed E-state index contributed by atoms with van der Waals surface area (Å²) in [6.45, 7) is 4.90. The van der Waals surface area contributed by atoms with Gasteiger partial charge in [-0.05, 0) is 38.0 Å². The molecule has 1 aromatic rings. The monoisotopic (exact) mass is 292 g/mol. The van der Waals surface area contributed by atoms with Crippen molar-refractivity contribution in [3.63, 3.8) is 0 Å². The summed E-state index contributed by atoms with van der Waals surface area (Å²) < 4.78 is 5.55. The summed E-state index contributed by atoms with van der Waals surface area (Å²) in [6.07, 6.45) is 0.799. The Balaban J connectivity index is 1.82. The van der Waals surface area contributed by atoms with Crippen molar-refractivity contribution in [2.24, 2.45) is 0 Å². The summed E-state index contributed by atoms with van der Waals surface area (Å²) in [5, 5.41) is 14.5. The quantitative estimate of drug-likeness (QED) is 0.789. The molecule has 2 amide bonds. The van der Waals surface area contributed by atoms with Gasteiger partial charge in [0.2, 0.25) is 0 Å². The molecular formula is C15H20N2O4. The highest BCUT2D eigenvalue weighted by molar-refractivity contribution is 5.87. The van der Waals surface area contributed by atoms with Gasteiger partial charge in [0.25, 0.3) is 0 Å². The van der Waals surface area contributed by atoms with Gasteiger partial charge in [0, 0.05) is 13.2 Å². The number of carboxylic acid groups (broad SMARTS) is 1. The Morgan fingerprint density at radius 2 is 2.00 bits per heavy atom. The fourth-order valence-electron chi connectivity index (χ4n) is 2.29. The summed E-state index contributed by atoms with van der Waals surface area (Å²) >= 11 is 0. The van der Waals surface area contributed by atoms with Gasteiger partial charge in [-0.1, -0.05) is 12.1 Å². The van der Waals surface area contributed by atoms with Crippen molar-refractivity contribution in [1.29, 1.82) is 0 Å². The Kier molecular flexibility index (Phi) is 4.47. The van der Waals surface area contributed by atoms with Gasteiger partial charge in [-0.25, -0.2) is 9.59 Å². The minimum Gasteiger partial charge on any atom is -0.478 e. The lowest BCUT2D eigenvalue weighted by Gasteiger charge is -2.26. The number of hydrogen-bond acceptors (Lipinski definition) is 3. The zero-order chi connectivity index (χ0) is 15.5. The molecule has 1 heterocycles. The average molecular weight is 292 g/mol. The van der Waals surface area contributed by atoms with E-state index in [1.54, 1.807) is 12.1 Å². The molecule has 0 aliphatic carbocycles. The Hall–Kier alpha value is -2.08. The molecule has 21 heavy (non-hydrogen) atoms. The summed E-state index contributed by atoms with van der Waals surface area (Å²) in [7, 11) is 0. The van der Waals surface area contributed by atoms with Gasteiger partial charge in [0.1, 0.15) is 0 Å². The van der Waals surface area contributed by atoms with E-state index in [1.165, 1.54) is 12.1 Å². The van der Waals surface area contributed by atoms with E-state index in [2.05, 4.69) is 10.6 Å². The van der Waals surface area contributed by atoms with E-state index in [1.807, 2.05) is 13.8 Å². The fraction of sp³-hybridized carbons (Fsp3) is 0.467. The van der Waals surface area contributed by atoms with Crippen molar-refractivity contribution in [2.45, 2.75) is 38.5 Å². The minimum atomic E-state index is -0.962. The topological polar surface area (TPSA) is 87.7 Å². The molecular weight excluding hydrogens is 272 g/mol. The van der Waals surface area contributed by atoms with E-state index in [-0.39, 0.29) is 23.2 Å². The Labute approximate surface area is 123 Å². The van der Waals surface area contributed by atoms with Crippen LogP contribution >= 0.6 is 0 Å². The van der Waals surface area contributed by atoms with Crippen molar-refractivity contribution in [3.8, 4) is 0 Å². The zero-order valence-electron chi connectivity index (χ0n) is 12.2. The molecule has 1 aliphatic heterocycles. The van der Waals surface area contributed by atoms with Crippen LogP contribution in [0.5, 0.6) is 0 Å². The van der Waals surface area contributed by atoms with E-state index >= 15 is 0 Å². The molecule has 1 aliphatic rings. The van der Waals surface area contributed by atoms with Gasteiger partial charge >= 0.3 is 12.0 Å². The largest absolute Gasteiger partial charge is 0.478 e. The van der Waals surface area contributed by atoms with E-state index in [4.69, 9.17) is 9.84 Å². The maximum absolute atomic E-state index is 11.9. The number of amides is 2. The molecule has 0 bridgehead atoms. The standard InChI is InChI=1S/C15H20N2O4/c1-15(2)12(7-8-21-15)17-14(20)16-9-10-3-5-11(6-4-10)13(18)19/h3-6,12H,7-9H2,1-2H3,(H,18,19)(H2,16,17,20). The van der Waals surface area contributed by atoms with Crippen LogP contribution in [0, 0.1) is 0 Å². The van der Waals surface area contributed by atoms with Crippen LogP contribution in [0.1, 0.15) is 36.2 Å². The first kappa shape index (κ1) is 15.3. The van der Waals surface area contributed by atoms with Gasteiger partial charge in [0.15, 0.2) is 0 Å². The minimum absolute atomic E-state index is 0.00751. The molecule has 1 aromatic carbocycles. The molecule has 114 valence electrons. The molecule has 0 radical (unpaired) electrons. The second kappa shape index (κ2) is 6.13. The predicted molar refractivity (Wildman–Crippen MR) is 77.2 cm³/mol. The maximum Gasteiger partial charge on any atom is 0.335 e. The van der Waals surface area contributed by atoms with Crippen LogP contribution in [-0.2, 0) is 11.3 Å². The summed E-state index contributed by atoms with van der Waals surface area (Å²) in [5.41, 5.74) is 0.727. The maximum atomic E-state index is 11.9. The van der Waals surface area contributed by atoms with E-state index < -0.39 is 5.97 Å². The number of rotatable bonds is 4. The highest BCUT2D eigenvalue weighted by atomic mass is 16.5. The molecule has 3 N–H and O–H groups in total. The van der Waals surface area contributed by atoms with Crippen LogP contribution in [0.25, 0.3) is 0 Å². The fourth-order valence-corrected chi connectivity index (χ4v) is 2.29. The molecule has 2 rings (SSSR count). The SMILES string of the molecule is CC1(C)OCCC1NC(=O)NCc1ccc(C(=O)O)cc1. The van der Waals surface area contributed by atoms with Crippen molar-refractivity contribution in [1.82, 2.24) is 10.6 Å². The third kappa shape index (κ3) is 3.95. The first-order valence-electron chi connectivity index (χ1n) is 6.89. The molecule has 0 spiro atoms. The Bertz CT molecular complexity index is 525. The summed E-state index contributed by atoms with van der Waals surface area (Å²) in [6, 6.07) is 6.16. The Morgan fingerprint density at radius 1 is 1.33 bits per heavy atom. The molecule has 6 heteroatoms.